The standard InChI is InChI=1S/C20H25N3O2/c1-21(15-17-5-3-2-4-6-17)16-18-11-13-22(14-12-18)19-7-9-20(10-8-19)23(24)25/h2-10,18H,11-16H2,1H3. The zero-order valence-electron chi connectivity index (χ0n) is 14.7. The molecule has 25 heavy (non-hydrogen) atoms. The van der Waals surface area contributed by atoms with Gasteiger partial charge in [-0.1, -0.05) is 30.3 Å². The fraction of sp³-hybridized carbons (Fsp3) is 0.400. The van der Waals surface area contributed by atoms with Crippen molar-refractivity contribution in [1.82, 2.24) is 4.90 Å². The van der Waals surface area contributed by atoms with Crippen LogP contribution in [-0.2, 0) is 6.54 Å². The molecule has 5 nitrogen and oxygen atoms in total. The van der Waals surface area contributed by atoms with Gasteiger partial charge < -0.3 is 9.80 Å². The SMILES string of the molecule is CN(Cc1ccccc1)CC1CCN(c2ccc([N+](=O)[O-])cc2)CC1. The zero-order chi connectivity index (χ0) is 17.6. The van der Waals surface area contributed by atoms with E-state index in [1.807, 2.05) is 12.1 Å². The fourth-order valence-corrected chi connectivity index (χ4v) is 3.56. The lowest BCUT2D eigenvalue weighted by molar-refractivity contribution is -0.384. The summed E-state index contributed by atoms with van der Waals surface area (Å²) in [5.74, 6) is 0.711. The lowest BCUT2D eigenvalue weighted by atomic mass is 9.95. The Hall–Kier alpha value is -2.40. The van der Waals surface area contributed by atoms with Crippen molar-refractivity contribution in [3.63, 3.8) is 0 Å². The second-order valence-electron chi connectivity index (χ2n) is 6.89. The number of hydrogen-bond donors (Lipinski definition) is 0. The summed E-state index contributed by atoms with van der Waals surface area (Å²) in [7, 11) is 2.19. The van der Waals surface area contributed by atoms with Crippen molar-refractivity contribution in [3.8, 4) is 0 Å². The number of rotatable bonds is 6. The smallest absolute Gasteiger partial charge is 0.269 e. The second kappa shape index (κ2) is 8.12. The molecule has 1 heterocycles. The normalized spacial score (nSPS) is 15.5. The van der Waals surface area contributed by atoms with Crippen LogP contribution in [-0.4, -0.2) is 36.5 Å². The molecule has 0 amide bonds. The Labute approximate surface area is 149 Å². The first-order valence-corrected chi connectivity index (χ1v) is 8.83. The Morgan fingerprint density at radius 2 is 1.72 bits per heavy atom. The molecule has 0 aliphatic carbocycles. The van der Waals surface area contributed by atoms with Gasteiger partial charge in [0.05, 0.1) is 4.92 Å². The number of anilines is 1. The lowest BCUT2D eigenvalue weighted by Gasteiger charge is -2.35. The summed E-state index contributed by atoms with van der Waals surface area (Å²) in [6.45, 7) is 4.13. The fourth-order valence-electron chi connectivity index (χ4n) is 3.56. The van der Waals surface area contributed by atoms with E-state index < -0.39 is 0 Å². The highest BCUT2D eigenvalue weighted by atomic mass is 16.6. The van der Waals surface area contributed by atoms with Gasteiger partial charge in [0, 0.05) is 44.0 Å². The topological polar surface area (TPSA) is 49.6 Å². The van der Waals surface area contributed by atoms with Crippen LogP contribution in [0.15, 0.2) is 54.6 Å². The van der Waals surface area contributed by atoms with Crippen LogP contribution in [0, 0.1) is 16.0 Å². The van der Waals surface area contributed by atoms with Crippen LogP contribution < -0.4 is 4.90 Å². The van der Waals surface area contributed by atoms with Crippen LogP contribution in [0.25, 0.3) is 0 Å². The van der Waals surface area contributed by atoms with Crippen molar-refractivity contribution < 1.29 is 4.92 Å². The molecule has 0 radical (unpaired) electrons. The van der Waals surface area contributed by atoms with E-state index >= 15 is 0 Å². The van der Waals surface area contributed by atoms with Crippen molar-refractivity contribution in [2.24, 2.45) is 5.92 Å². The Kier molecular flexibility index (Phi) is 5.66. The van der Waals surface area contributed by atoms with Crippen molar-refractivity contribution in [3.05, 3.63) is 70.3 Å². The highest BCUT2D eigenvalue weighted by Crippen LogP contribution is 2.25. The van der Waals surface area contributed by atoms with Crippen molar-refractivity contribution in [2.45, 2.75) is 19.4 Å². The van der Waals surface area contributed by atoms with Gasteiger partial charge in [0.25, 0.3) is 5.69 Å². The second-order valence-corrected chi connectivity index (χ2v) is 6.89. The average Bonchev–Trinajstić information content (AvgIpc) is 2.63. The third kappa shape index (κ3) is 4.79. The summed E-state index contributed by atoms with van der Waals surface area (Å²) in [4.78, 5) is 15.1. The summed E-state index contributed by atoms with van der Waals surface area (Å²) in [5, 5.41) is 10.8. The molecule has 2 aromatic carbocycles. The van der Waals surface area contributed by atoms with Crippen LogP contribution in [0.5, 0.6) is 0 Å². The quantitative estimate of drug-likeness (QED) is 0.591. The number of non-ortho nitro benzene ring substituents is 1. The summed E-state index contributed by atoms with van der Waals surface area (Å²) < 4.78 is 0. The molecule has 1 fully saturated rings. The van der Waals surface area contributed by atoms with Crippen LogP contribution in [0.2, 0.25) is 0 Å². The molecular weight excluding hydrogens is 314 g/mol. The number of benzene rings is 2. The lowest BCUT2D eigenvalue weighted by Crippen LogP contribution is -2.37. The predicted molar refractivity (Wildman–Crippen MR) is 101 cm³/mol. The molecule has 3 rings (SSSR count). The molecule has 0 spiro atoms. The molecule has 0 aromatic heterocycles. The Bertz CT molecular complexity index is 680. The maximum Gasteiger partial charge on any atom is 0.269 e. The minimum Gasteiger partial charge on any atom is -0.372 e. The van der Waals surface area contributed by atoms with Crippen molar-refractivity contribution in [1.29, 1.82) is 0 Å². The van der Waals surface area contributed by atoms with Crippen LogP contribution in [0.1, 0.15) is 18.4 Å². The molecule has 1 aliphatic rings. The summed E-state index contributed by atoms with van der Waals surface area (Å²) in [6.07, 6.45) is 2.33. The summed E-state index contributed by atoms with van der Waals surface area (Å²) in [6, 6.07) is 17.5. The molecule has 0 saturated carbocycles. The minimum absolute atomic E-state index is 0.154. The molecule has 5 heteroatoms. The Morgan fingerprint density at radius 1 is 1.08 bits per heavy atom. The first kappa shape index (κ1) is 17.4. The monoisotopic (exact) mass is 339 g/mol. The van der Waals surface area contributed by atoms with Crippen molar-refractivity contribution in [2.75, 3.05) is 31.6 Å². The van der Waals surface area contributed by atoms with Gasteiger partial charge in [0.2, 0.25) is 0 Å². The van der Waals surface area contributed by atoms with Gasteiger partial charge in [-0.2, -0.15) is 0 Å². The maximum absolute atomic E-state index is 10.8. The Morgan fingerprint density at radius 3 is 2.32 bits per heavy atom. The van der Waals surface area contributed by atoms with Crippen LogP contribution in [0.3, 0.4) is 0 Å². The molecule has 0 unspecified atom stereocenters. The van der Waals surface area contributed by atoms with Gasteiger partial charge in [0.15, 0.2) is 0 Å². The molecule has 0 bridgehead atoms. The van der Waals surface area contributed by atoms with Gasteiger partial charge in [-0.05, 0) is 43.5 Å². The molecule has 2 aromatic rings. The van der Waals surface area contributed by atoms with Gasteiger partial charge in [0.1, 0.15) is 0 Å². The average molecular weight is 339 g/mol. The van der Waals surface area contributed by atoms with E-state index in [1.165, 1.54) is 5.56 Å². The van der Waals surface area contributed by atoms with E-state index in [-0.39, 0.29) is 10.6 Å². The molecular formula is C20H25N3O2. The number of nitro groups is 1. The van der Waals surface area contributed by atoms with Crippen LogP contribution in [0.4, 0.5) is 11.4 Å². The summed E-state index contributed by atoms with van der Waals surface area (Å²) in [5.41, 5.74) is 2.59. The third-order valence-corrected chi connectivity index (χ3v) is 4.91. The van der Waals surface area contributed by atoms with Gasteiger partial charge >= 0.3 is 0 Å². The number of hydrogen-bond acceptors (Lipinski definition) is 4. The number of nitro benzene ring substituents is 1. The largest absolute Gasteiger partial charge is 0.372 e. The molecule has 0 N–H and O–H groups in total. The highest BCUT2D eigenvalue weighted by molar-refractivity contribution is 5.51. The van der Waals surface area contributed by atoms with Gasteiger partial charge in [-0.3, -0.25) is 10.1 Å². The third-order valence-electron chi connectivity index (χ3n) is 4.91. The van der Waals surface area contributed by atoms with Crippen molar-refractivity contribution >= 4 is 11.4 Å². The predicted octanol–water partition coefficient (Wildman–Crippen LogP) is 3.94. The van der Waals surface area contributed by atoms with E-state index in [1.54, 1.807) is 12.1 Å². The van der Waals surface area contributed by atoms with E-state index in [0.29, 0.717) is 5.92 Å². The molecule has 1 saturated heterocycles. The molecule has 132 valence electrons. The molecule has 0 atom stereocenters. The summed E-state index contributed by atoms with van der Waals surface area (Å²) >= 11 is 0. The number of nitrogens with zero attached hydrogens (tertiary/aromatic N) is 3. The van der Waals surface area contributed by atoms with E-state index in [2.05, 4.69) is 47.2 Å². The van der Waals surface area contributed by atoms with E-state index in [0.717, 1.165) is 44.7 Å². The van der Waals surface area contributed by atoms with E-state index in [4.69, 9.17) is 0 Å². The van der Waals surface area contributed by atoms with Crippen LogP contribution >= 0.6 is 0 Å². The first-order chi connectivity index (χ1) is 12.1. The zero-order valence-corrected chi connectivity index (χ0v) is 14.7. The number of piperidine rings is 1. The minimum atomic E-state index is -0.349. The van der Waals surface area contributed by atoms with E-state index in [9.17, 15) is 10.1 Å². The molecule has 1 aliphatic heterocycles. The van der Waals surface area contributed by atoms with Gasteiger partial charge in [-0.25, -0.2) is 0 Å². The Balaban J connectivity index is 1.47. The first-order valence-electron chi connectivity index (χ1n) is 8.83. The van der Waals surface area contributed by atoms with Gasteiger partial charge in [-0.15, -0.1) is 0 Å². The maximum atomic E-state index is 10.8. The highest BCUT2D eigenvalue weighted by Gasteiger charge is 2.21.